The van der Waals surface area contributed by atoms with Crippen LogP contribution in [-0.4, -0.2) is 81.0 Å². The van der Waals surface area contributed by atoms with Gasteiger partial charge in [-0.1, -0.05) is 62.7 Å². The summed E-state index contributed by atoms with van der Waals surface area (Å²) >= 11 is 0. The third kappa shape index (κ3) is 9.94. The Balaban J connectivity index is 0.958. The highest BCUT2D eigenvalue weighted by Crippen LogP contribution is 2.33. The van der Waals surface area contributed by atoms with Gasteiger partial charge in [-0.2, -0.15) is 5.10 Å². The van der Waals surface area contributed by atoms with E-state index in [1.807, 2.05) is 85.8 Å². The molecule has 3 aromatic heterocycles. The maximum Gasteiger partial charge on any atom is 0.324 e. The molecular formula is C44H50N10O4. The average molecular weight is 783 g/mol. The van der Waals surface area contributed by atoms with Crippen LogP contribution >= 0.6 is 0 Å². The third-order valence-electron chi connectivity index (χ3n) is 10.00. The van der Waals surface area contributed by atoms with Gasteiger partial charge in [-0.25, -0.2) is 24.4 Å². The molecular weight excluding hydrogens is 733 g/mol. The highest BCUT2D eigenvalue weighted by molar-refractivity contribution is 6.07. The molecule has 58 heavy (non-hydrogen) atoms. The lowest BCUT2D eigenvalue weighted by Crippen LogP contribution is -2.43. The van der Waals surface area contributed by atoms with Gasteiger partial charge in [-0.05, 0) is 68.3 Å². The Kier molecular flexibility index (Phi) is 12.2. The molecule has 1 atom stereocenters. The number of carbonyl (C=O) groups excluding carboxylic acids is 2. The zero-order valence-corrected chi connectivity index (χ0v) is 33.6. The Morgan fingerprint density at radius 3 is 2.47 bits per heavy atom. The van der Waals surface area contributed by atoms with E-state index in [0.717, 1.165) is 65.8 Å². The van der Waals surface area contributed by atoms with Gasteiger partial charge >= 0.3 is 6.03 Å². The molecule has 3 amide bonds. The predicted molar refractivity (Wildman–Crippen MR) is 226 cm³/mol. The number of piperidine rings is 1. The normalized spacial score (nSPS) is 14.5. The molecule has 1 fully saturated rings. The van der Waals surface area contributed by atoms with E-state index >= 15 is 0 Å². The molecule has 0 unspecified atom stereocenters. The molecule has 14 nitrogen and oxygen atoms in total. The van der Waals surface area contributed by atoms with E-state index < -0.39 is 6.03 Å². The average Bonchev–Trinajstić information content (AvgIpc) is 3.65. The number of likely N-dealkylation sites (tertiary alicyclic amines) is 1. The number of methoxy groups -OCH3 is 1. The lowest BCUT2D eigenvalue weighted by molar-refractivity contribution is 0.0318. The molecule has 4 heterocycles. The second-order valence-electron chi connectivity index (χ2n) is 15.5. The number of nitrogens with one attached hydrogen (secondary N) is 4. The molecule has 1 saturated heterocycles. The number of hydrogen-bond acceptors (Lipinski definition) is 10. The van der Waals surface area contributed by atoms with Gasteiger partial charge in [0, 0.05) is 55.2 Å². The van der Waals surface area contributed by atoms with Crippen molar-refractivity contribution in [1.29, 1.82) is 0 Å². The van der Waals surface area contributed by atoms with Crippen LogP contribution in [0.2, 0.25) is 0 Å². The van der Waals surface area contributed by atoms with E-state index in [0.29, 0.717) is 35.4 Å². The summed E-state index contributed by atoms with van der Waals surface area (Å²) in [6.45, 7) is 11.7. The Bertz CT molecular complexity index is 2360. The fourth-order valence-electron chi connectivity index (χ4n) is 6.76. The number of nitrogens with zero attached hydrogens (tertiary/aromatic N) is 6. The fourth-order valence-corrected chi connectivity index (χ4v) is 6.76. The van der Waals surface area contributed by atoms with Gasteiger partial charge in [0.25, 0.3) is 5.91 Å². The van der Waals surface area contributed by atoms with Crippen molar-refractivity contribution >= 4 is 45.9 Å². The van der Waals surface area contributed by atoms with Gasteiger partial charge in [0.1, 0.15) is 35.5 Å². The van der Waals surface area contributed by atoms with Crippen LogP contribution < -0.4 is 26.0 Å². The number of amides is 3. The Morgan fingerprint density at radius 1 is 0.897 bits per heavy atom. The van der Waals surface area contributed by atoms with Crippen LogP contribution in [0.3, 0.4) is 0 Å². The van der Waals surface area contributed by atoms with Crippen molar-refractivity contribution in [3.8, 4) is 11.4 Å². The van der Waals surface area contributed by atoms with Crippen molar-refractivity contribution in [1.82, 2.24) is 34.9 Å². The first-order valence-corrected chi connectivity index (χ1v) is 19.5. The number of carbonyl (C=O) groups is 2. The highest BCUT2D eigenvalue weighted by Gasteiger charge is 2.22. The van der Waals surface area contributed by atoms with Crippen molar-refractivity contribution in [2.75, 3.05) is 49.2 Å². The Morgan fingerprint density at radius 2 is 1.71 bits per heavy atom. The van der Waals surface area contributed by atoms with Gasteiger partial charge in [-0.3, -0.25) is 15.0 Å². The molecule has 3 aromatic carbocycles. The number of aromatic nitrogens is 5. The summed E-state index contributed by atoms with van der Waals surface area (Å²) < 4.78 is 13.6. The molecule has 1 aliphatic heterocycles. The molecule has 4 N–H and O–H groups in total. The monoisotopic (exact) mass is 782 g/mol. The SMILES string of the molecule is CO[C@H]1CCCN(CCNC(=O)c2cnc(Nc3cc(COc4ccc(NC(=O)Nc5cc(C(C)(C)C)nn5-c5ccc(C)cc5)c5ccccc45)ccn3)cn2)C1. The maximum absolute atomic E-state index is 13.5. The summed E-state index contributed by atoms with van der Waals surface area (Å²) in [5.41, 5.74) is 4.38. The number of fused-ring (bicyclic) bond motifs is 1. The topological polar surface area (TPSA) is 160 Å². The highest BCUT2D eigenvalue weighted by atomic mass is 16.5. The minimum Gasteiger partial charge on any atom is -0.488 e. The van der Waals surface area contributed by atoms with Crippen molar-refractivity contribution in [3.63, 3.8) is 0 Å². The van der Waals surface area contributed by atoms with Gasteiger partial charge in [-0.15, -0.1) is 0 Å². The number of hydrogen-bond donors (Lipinski definition) is 4. The molecule has 0 spiro atoms. The van der Waals surface area contributed by atoms with Crippen LogP contribution in [-0.2, 0) is 16.8 Å². The zero-order chi connectivity index (χ0) is 40.6. The first-order valence-electron chi connectivity index (χ1n) is 19.5. The largest absolute Gasteiger partial charge is 0.488 e. The van der Waals surface area contributed by atoms with Gasteiger partial charge in [0.05, 0.1) is 35.6 Å². The van der Waals surface area contributed by atoms with E-state index in [9.17, 15) is 9.59 Å². The van der Waals surface area contributed by atoms with E-state index in [-0.39, 0.29) is 29.7 Å². The second kappa shape index (κ2) is 17.8. The van der Waals surface area contributed by atoms with Gasteiger partial charge < -0.3 is 25.4 Å². The summed E-state index contributed by atoms with van der Waals surface area (Å²) in [4.78, 5) is 41.6. The lowest BCUT2D eigenvalue weighted by atomic mass is 9.92. The first-order chi connectivity index (χ1) is 28.0. The Hall–Kier alpha value is -6.38. The minimum absolute atomic E-state index is 0.215. The molecule has 300 valence electrons. The number of benzene rings is 3. The number of pyridine rings is 1. The quantitative estimate of drug-likeness (QED) is 0.0918. The van der Waals surface area contributed by atoms with Crippen LogP contribution in [0.25, 0.3) is 16.5 Å². The zero-order valence-electron chi connectivity index (χ0n) is 33.6. The summed E-state index contributed by atoms with van der Waals surface area (Å²) in [5.74, 6) is 1.96. The van der Waals surface area contributed by atoms with Crippen LogP contribution in [0, 0.1) is 6.92 Å². The summed E-state index contributed by atoms with van der Waals surface area (Å²) in [6.07, 6.45) is 7.06. The number of aryl methyl sites for hydroxylation is 1. The molecule has 0 radical (unpaired) electrons. The molecule has 1 aliphatic rings. The molecule has 7 rings (SSSR count). The van der Waals surface area contributed by atoms with Crippen LogP contribution in [0.5, 0.6) is 5.75 Å². The molecule has 0 bridgehead atoms. The summed E-state index contributed by atoms with van der Waals surface area (Å²) in [6, 6.07) is 24.7. The molecule has 0 aliphatic carbocycles. The van der Waals surface area contributed by atoms with Gasteiger partial charge in [0.15, 0.2) is 0 Å². The second-order valence-corrected chi connectivity index (χ2v) is 15.5. The third-order valence-corrected chi connectivity index (χ3v) is 10.00. The first kappa shape index (κ1) is 39.8. The van der Waals surface area contributed by atoms with Crippen LogP contribution in [0.4, 0.5) is 27.9 Å². The fraction of sp³-hybridized carbons (Fsp3) is 0.318. The number of anilines is 4. The van der Waals surface area contributed by atoms with Gasteiger partial charge in [0.2, 0.25) is 0 Å². The number of rotatable bonds is 13. The predicted octanol–water partition coefficient (Wildman–Crippen LogP) is 7.62. The minimum atomic E-state index is -0.392. The van der Waals surface area contributed by atoms with Crippen molar-refractivity contribution < 1.29 is 19.1 Å². The Labute approximate surface area is 338 Å². The van der Waals surface area contributed by atoms with Crippen molar-refractivity contribution in [2.24, 2.45) is 0 Å². The molecule has 6 aromatic rings. The number of ether oxygens (including phenoxy) is 2. The van der Waals surface area contributed by atoms with E-state index in [4.69, 9.17) is 14.6 Å². The summed E-state index contributed by atoms with van der Waals surface area (Å²) in [7, 11) is 1.75. The molecule has 14 heteroatoms. The van der Waals surface area contributed by atoms with Crippen LogP contribution in [0.1, 0.15) is 60.9 Å². The van der Waals surface area contributed by atoms with Crippen LogP contribution in [0.15, 0.2) is 97.5 Å². The molecule has 0 saturated carbocycles. The van der Waals surface area contributed by atoms with Crippen molar-refractivity contribution in [2.45, 2.75) is 58.7 Å². The van der Waals surface area contributed by atoms with Crippen molar-refractivity contribution in [3.05, 3.63) is 120 Å². The smallest absolute Gasteiger partial charge is 0.324 e. The van der Waals surface area contributed by atoms with E-state index in [1.165, 1.54) is 12.4 Å². The maximum atomic E-state index is 13.5. The van der Waals surface area contributed by atoms with E-state index in [1.54, 1.807) is 18.0 Å². The summed E-state index contributed by atoms with van der Waals surface area (Å²) in [5, 5.41) is 18.6. The lowest BCUT2D eigenvalue weighted by Gasteiger charge is -2.31. The van der Waals surface area contributed by atoms with E-state index in [2.05, 4.69) is 61.9 Å². The number of urea groups is 1. The standard InChI is InChI=1S/C44H50N10O4/c1-29-12-14-31(15-13-29)54-41(24-38(52-54)44(2,3)4)51-43(56)49-35-16-17-37(34-11-7-6-10-33(34)35)58-28-30-18-19-45-39(23-30)50-40-26-47-36(25-48-40)42(55)46-20-22-53-21-8-9-32(27-53)57-5/h6-7,10-19,23-26,32H,8-9,20-22,27-28H2,1-5H3,(H,46,55)(H,45,48,50)(H2,49,51,56)/t32-/m0/s1.